The Hall–Kier alpha value is -2.41. The average molecular weight is 294 g/mol. The molecule has 0 radical (unpaired) electrons. The molecule has 0 aliphatic heterocycles. The quantitative estimate of drug-likeness (QED) is 0.636. The second-order valence-electron chi connectivity index (χ2n) is 4.46. The highest BCUT2D eigenvalue weighted by molar-refractivity contribution is 5.97. The van der Waals surface area contributed by atoms with Gasteiger partial charge in [-0.3, -0.25) is 9.59 Å². The molecule has 1 rings (SSSR count). The third kappa shape index (κ3) is 5.23. The number of carboxylic acid groups (broad SMARTS) is 1. The van der Waals surface area contributed by atoms with E-state index in [0.29, 0.717) is 11.1 Å². The van der Waals surface area contributed by atoms with Crippen molar-refractivity contribution in [1.29, 1.82) is 0 Å². The van der Waals surface area contributed by atoms with Gasteiger partial charge in [0, 0.05) is 19.1 Å². The van der Waals surface area contributed by atoms with Crippen molar-refractivity contribution in [3.05, 3.63) is 35.4 Å². The van der Waals surface area contributed by atoms with Gasteiger partial charge in [0.25, 0.3) is 5.91 Å². The highest BCUT2D eigenvalue weighted by Gasteiger charge is 2.22. The van der Waals surface area contributed by atoms with Crippen molar-refractivity contribution >= 4 is 17.8 Å². The summed E-state index contributed by atoms with van der Waals surface area (Å²) in [4.78, 5) is 34.0. The zero-order valence-corrected chi connectivity index (χ0v) is 11.7. The van der Waals surface area contributed by atoms with Crippen LogP contribution in [0, 0.1) is 0 Å². The van der Waals surface area contributed by atoms with Gasteiger partial charge in [0.2, 0.25) is 5.91 Å². The number of nitrogens with two attached hydrogens (primary N) is 1. The van der Waals surface area contributed by atoms with Gasteiger partial charge in [0.05, 0.1) is 6.61 Å². The smallest absolute Gasteiger partial charge is 0.326 e. The van der Waals surface area contributed by atoms with Crippen molar-refractivity contribution in [1.82, 2.24) is 5.32 Å². The molecule has 0 fully saturated rings. The van der Waals surface area contributed by atoms with E-state index in [-0.39, 0.29) is 19.4 Å². The molecule has 4 N–H and O–H groups in total. The SMILES string of the molecule is COCc1ccccc1C(=O)NC(CCC(N)=O)C(=O)O. The number of benzene rings is 1. The van der Waals surface area contributed by atoms with E-state index in [9.17, 15) is 14.4 Å². The number of ether oxygens (including phenoxy) is 1. The zero-order valence-electron chi connectivity index (χ0n) is 11.7. The van der Waals surface area contributed by atoms with Gasteiger partial charge in [-0.2, -0.15) is 0 Å². The molecule has 2 amide bonds. The summed E-state index contributed by atoms with van der Waals surface area (Å²) in [6, 6.07) is 5.56. The molecule has 1 aromatic rings. The first kappa shape index (κ1) is 16.6. The van der Waals surface area contributed by atoms with E-state index < -0.39 is 23.8 Å². The summed E-state index contributed by atoms with van der Waals surface area (Å²) in [7, 11) is 1.50. The van der Waals surface area contributed by atoms with Crippen molar-refractivity contribution < 1.29 is 24.2 Å². The van der Waals surface area contributed by atoms with Crippen LogP contribution in [0.2, 0.25) is 0 Å². The van der Waals surface area contributed by atoms with E-state index in [1.165, 1.54) is 7.11 Å². The van der Waals surface area contributed by atoms with Crippen LogP contribution in [0.5, 0.6) is 0 Å². The lowest BCUT2D eigenvalue weighted by Gasteiger charge is -2.15. The molecular weight excluding hydrogens is 276 g/mol. The van der Waals surface area contributed by atoms with Crippen molar-refractivity contribution in [3.63, 3.8) is 0 Å². The van der Waals surface area contributed by atoms with Gasteiger partial charge in [-0.05, 0) is 18.1 Å². The fourth-order valence-corrected chi connectivity index (χ4v) is 1.80. The number of methoxy groups -OCH3 is 1. The van der Waals surface area contributed by atoms with E-state index in [1.807, 2.05) is 0 Å². The molecule has 7 nitrogen and oxygen atoms in total. The molecule has 114 valence electrons. The van der Waals surface area contributed by atoms with Crippen LogP contribution >= 0.6 is 0 Å². The Kier molecular flexibility index (Phi) is 6.35. The number of carbonyl (C=O) groups is 3. The largest absolute Gasteiger partial charge is 0.480 e. The number of carboxylic acids is 1. The first-order valence-electron chi connectivity index (χ1n) is 6.34. The number of amides is 2. The predicted octanol–water partition coefficient (Wildman–Crippen LogP) is 0.282. The number of carbonyl (C=O) groups excluding carboxylic acids is 2. The van der Waals surface area contributed by atoms with Crippen molar-refractivity contribution in [3.8, 4) is 0 Å². The van der Waals surface area contributed by atoms with E-state index >= 15 is 0 Å². The van der Waals surface area contributed by atoms with Crippen LogP contribution < -0.4 is 11.1 Å². The van der Waals surface area contributed by atoms with Gasteiger partial charge in [-0.25, -0.2) is 4.79 Å². The molecule has 0 spiro atoms. The van der Waals surface area contributed by atoms with Crippen LogP contribution in [-0.4, -0.2) is 36.0 Å². The Morgan fingerprint density at radius 2 is 2.00 bits per heavy atom. The lowest BCUT2D eigenvalue weighted by Crippen LogP contribution is -2.41. The molecule has 0 bridgehead atoms. The van der Waals surface area contributed by atoms with Gasteiger partial charge < -0.3 is 20.9 Å². The summed E-state index contributed by atoms with van der Waals surface area (Å²) in [5.41, 5.74) is 5.97. The summed E-state index contributed by atoms with van der Waals surface area (Å²) in [6.07, 6.45) is -0.167. The first-order chi connectivity index (χ1) is 9.95. The number of hydrogen-bond acceptors (Lipinski definition) is 4. The lowest BCUT2D eigenvalue weighted by atomic mass is 10.1. The molecule has 1 atom stereocenters. The Morgan fingerprint density at radius 1 is 1.33 bits per heavy atom. The van der Waals surface area contributed by atoms with Crippen LogP contribution in [0.3, 0.4) is 0 Å². The topological polar surface area (TPSA) is 119 Å². The second-order valence-corrected chi connectivity index (χ2v) is 4.46. The number of hydrogen-bond donors (Lipinski definition) is 3. The number of nitrogens with one attached hydrogen (secondary N) is 1. The Bertz CT molecular complexity index is 530. The van der Waals surface area contributed by atoms with Gasteiger partial charge in [-0.1, -0.05) is 18.2 Å². The maximum atomic E-state index is 12.2. The minimum absolute atomic E-state index is 0.0527. The van der Waals surface area contributed by atoms with E-state index in [4.69, 9.17) is 15.6 Å². The average Bonchev–Trinajstić information content (AvgIpc) is 2.43. The van der Waals surface area contributed by atoms with E-state index in [2.05, 4.69) is 5.32 Å². The first-order valence-corrected chi connectivity index (χ1v) is 6.34. The molecule has 0 aliphatic carbocycles. The van der Waals surface area contributed by atoms with Crippen molar-refractivity contribution in [2.24, 2.45) is 5.73 Å². The summed E-state index contributed by atoms with van der Waals surface area (Å²) < 4.78 is 4.99. The van der Waals surface area contributed by atoms with Crippen LogP contribution in [0.4, 0.5) is 0 Å². The number of primary amides is 1. The fourth-order valence-electron chi connectivity index (χ4n) is 1.80. The fraction of sp³-hybridized carbons (Fsp3) is 0.357. The Morgan fingerprint density at radius 3 is 2.57 bits per heavy atom. The molecule has 7 heteroatoms. The standard InChI is InChI=1S/C14H18N2O5/c1-21-8-9-4-2-3-5-10(9)13(18)16-11(14(19)20)6-7-12(15)17/h2-5,11H,6-8H2,1H3,(H2,15,17)(H,16,18)(H,19,20). The van der Waals surface area contributed by atoms with E-state index in [0.717, 1.165) is 0 Å². The van der Waals surface area contributed by atoms with Gasteiger partial charge >= 0.3 is 5.97 Å². The van der Waals surface area contributed by atoms with Gasteiger partial charge in [0.15, 0.2) is 0 Å². The number of rotatable bonds is 8. The highest BCUT2D eigenvalue weighted by Crippen LogP contribution is 2.11. The maximum Gasteiger partial charge on any atom is 0.326 e. The Labute approximate surface area is 122 Å². The summed E-state index contributed by atoms with van der Waals surface area (Å²) in [6.45, 7) is 0.239. The van der Waals surface area contributed by atoms with Gasteiger partial charge in [-0.15, -0.1) is 0 Å². The van der Waals surface area contributed by atoms with Crippen LogP contribution in [0.1, 0.15) is 28.8 Å². The molecule has 0 saturated heterocycles. The monoisotopic (exact) mass is 294 g/mol. The molecule has 1 aromatic carbocycles. The lowest BCUT2D eigenvalue weighted by molar-refractivity contribution is -0.139. The molecule has 21 heavy (non-hydrogen) atoms. The van der Waals surface area contributed by atoms with Crippen LogP contribution in [0.15, 0.2) is 24.3 Å². The molecule has 0 aliphatic rings. The number of aliphatic carboxylic acids is 1. The summed E-state index contributed by atoms with van der Waals surface area (Å²) in [5, 5.41) is 11.4. The minimum atomic E-state index is -1.21. The third-order valence-electron chi connectivity index (χ3n) is 2.84. The zero-order chi connectivity index (χ0) is 15.8. The molecule has 0 aromatic heterocycles. The Balaban J connectivity index is 2.82. The molecule has 0 saturated carbocycles. The minimum Gasteiger partial charge on any atom is -0.480 e. The van der Waals surface area contributed by atoms with Crippen molar-refractivity contribution in [2.45, 2.75) is 25.5 Å². The van der Waals surface area contributed by atoms with Crippen molar-refractivity contribution in [2.75, 3.05) is 7.11 Å². The highest BCUT2D eigenvalue weighted by atomic mass is 16.5. The normalized spacial score (nSPS) is 11.7. The predicted molar refractivity (Wildman–Crippen MR) is 74.5 cm³/mol. The van der Waals surface area contributed by atoms with Gasteiger partial charge in [0.1, 0.15) is 6.04 Å². The van der Waals surface area contributed by atoms with E-state index in [1.54, 1.807) is 24.3 Å². The molecule has 1 unspecified atom stereocenters. The third-order valence-corrected chi connectivity index (χ3v) is 2.84. The summed E-state index contributed by atoms with van der Waals surface area (Å²) in [5.74, 6) is -2.36. The molecular formula is C14H18N2O5. The maximum absolute atomic E-state index is 12.2. The van der Waals surface area contributed by atoms with Crippen LogP contribution in [-0.2, 0) is 20.9 Å². The van der Waals surface area contributed by atoms with Crippen LogP contribution in [0.25, 0.3) is 0 Å². The second kappa shape index (κ2) is 8.01. The summed E-state index contributed by atoms with van der Waals surface area (Å²) >= 11 is 0. The molecule has 0 heterocycles.